The summed E-state index contributed by atoms with van der Waals surface area (Å²) in [5.74, 6) is 0.878. The van der Waals surface area contributed by atoms with Crippen molar-refractivity contribution in [1.29, 1.82) is 0 Å². The number of nitrogens with zero attached hydrogens (tertiary/aromatic N) is 1. The summed E-state index contributed by atoms with van der Waals surface area (Å²) in [6.45, 7) is 2.52. The van der Waals surface area contributed by atoms with Crippen molar-refractivity contribution >= 4 is 29.1 Å². The topological polar surface area (TPSA) is 3.24 Å². The average molecular weight is 476 g/mol. The molecule has 28 heavy (non-hydrogen) atoms. The Kier molecular flexibility index (Phi) is 6.54. The fourth-order valence-electron chi connectivity index (χ4n) is 4.87. The van der Waals surface area contributed by atoms with Crippen molar-refractivity contribution in [2.24, 2.45) is 5.92 Å². The summed E-state index contributed by atoms with van der Waals surface area (Å²) in [7, 11) is 2.26. The molecule has 1 aliphatic heterocycles. The van der Waals surface area contributed by atoms with Gasteiger partial charge in [-0.3, -0.25) is 0 Å². The quantitative estimate of drug-likeness (QED) is 0.489. The molecule has 3 aromatic rings. The van der Waals surface area contributed by atoms with Gasteiger partial charge >= 0.3 is 175 Å². The maximum atomic E-state index is 2.48. The van der Waals surface area contributed by atoms with Crippen LogP contribution in [0.1, 0.15) is 19.3 Å². The first-order valence-electron chi connectivity index (χ1n) is 10.6. The Hall–Kier alpha value is -1.58. The Bertz CT molecular complexity index is 743. The van der Waals surface area contributed by atoms with Gasteiger partial charge in [-0.25, -0.2) is 0 Å². The molecule has 144 valence electrons. The number of piperidine rings is 1. The molecule has 4 rings (SSSR count). The molecule has 0 bridgehead atoms. The van der Waals surface area contributed by atoms with Gasteiger partial charge in [0.1, 0.15) is 0 Å². The molecule has 0 atom stereocenters. The molecular formula is C26H31NSn. The van der Waals surface area contributed by atoms with Crippen LogP contribution in [0.5, 0.6) is 0 Å². The first-order chi connectivity index (χ1) is 13.8. The molecule has 1 aliphatic rings. The summed E-state index contributed by atoms with van der Waals surface area (Å²) in [5.41, 5.74) is 0. The molecule has 0 saturated carbocycles. The van der Waals surface area contributed by atoms with E-state index >= 15 is 0 Å². The fraction of sp³-hybridized carbons (Fsp3) is 0.308. The third kappa shape index (κ3) is 4.21. The SMILES string of the molecule is CN1CCC(C[CH2][Sn]([c]2ccccc2)([c]2ccccc2)[c]2ccccc2)CC1. The molecule has 0 radical (unpaired) electrons. The van der Waals surface area contributed by atoms with E-state index in [9.17, 15) is 0 Å². The van der Waals surface area contributed by atoms with Gasteiger partial charge in [0, 0.05) is 0 Å². The normalized spacial score (nSPS) is 16.2. The van der Waals surface area contributed by atoms with Crippen LogP contribution in [-0.4, -0.2) is 43.4 Å². The molecule has 0 aliphatic carbocycles. The third-order valence-electron chi connectivity index (χ3n) is 6.57. The van der Waals surface area contributed by atoms with Crippen molar-refractivity contribution in [3.63, 3.8) is 0 Å². The van der Waals surface area contributed by atoms with Crippen LogP contribution in [-0.2, 0) is 0 Å². The Morgan fingerprint density at radius 3 is 1.46 bits per heavy atom. The first-order valence-corrected chi connectivity index (χ1v) is 16.9. The molecule has 1 saturated heterocycles. The molecule has 0 spiro atoms. The summed E-state index contributed by atoms with van der Waals surface area (Å²) in [6, 6.07) is 34.4. The third-order valence-corrected chi connectivity index (χ3v) is 20.8. The zero-order valence-electron chi connectivity index (χ0n) is 16.9. The van der Waals surface area contributed by atoms with Gasteiger partial charge in [0.15, 0.2) is 0 Å². The average Bonchev–Trinajstić information content (AvgIpc) is 2.78. The van der Waals surface area contributed by atoms with E-state index in [1.165, 1.54) is 36.8 Å². The van der Waals surface area contributed by atoms with E-state index in [1.54, 1.807) is 10.7 Å². The van der Waals surface area contributed by atoms with Gasteiger partial charge in [-0.2, -0.15) is 0 Å². The van der Waals surface area contributed by atoms with Gasteiger partial charge < -0.3 is 0 Å². The van der Waals surface area contributed by atoms with Crippen LogP contribution < -0.4 is 10.7 Å². The van der Waals surface area contributed by atoms with E-state index in [2.05, 4.69) is 103 Å². The minimum atomic E-state index is -3.04. The van der Waals surface area contributed by atoms with Crippen LogP contribution in [0.4, 0.5) is 0 Å². The van der Waals surface area contributed by atoms with E-state index in [1.807, 2.05) is 0 Å². The van der Waals surface area contributed by atoms with Crippen molar-refractivity contribution in [2.75, 3.05) is 20.1 Å². The summed E-state index contributed by atoms with van der Waals surface area (Å²) in [4.78, 5) is 2.48. The van der Waals surface area contributed by atoms with Gasteiger partial charge in [-0.15, -0.1) is 0 Å². The van der Waals surface area contributed by atoms with Crippen molar-refractivity contribution in [3.05, 3.63) is 91.0 Å². The molecule has 3 aromatic carbocycles. The van der Waals surface area contributed by atoms with Crippen molar-refractivity contribution in [2.45, 2.75) is 23.7 Å². The molecule has 0 unspecified atom stereocenters. The molecule has 1 nitrogen and oxygen atoms in total. The van der Waals surface area contributed by atoms with Crippen LogP contribution >= 0.6 is 0 Å². The summed E-state index contributed by atoms with van der Waals surface area (Å²) in [6.07, 6.45) is 4.08. The second kappa shape index (κ2) is 9.28. The maximum absolute atomic E-state index is 3.04. The van der Waals surface area contributed by atoms with E-state index < -0.39 is 18.4 Å². The minimum absolute atomic E-state index is 0.878. The van der Waals surface area contributed by atoms with Gasteiger partial charge in [-0.1, -0.05) is 0 Å². The van der Waals surface area contributed by atoms with Crippen molar-refractivity contribution < 1.29 is 0 Å². The number of likely N-dealkylation sites (tertiary alicyclic amines) is 1. The predicted octanol–water partition coefficient (Wildman–Crippen LogP) is 3.89. The van der Waals surface area contributed by atoms with Crippen LogP contribution in [0, 0.1) is 5.92 Å². The molecule has 0 aromatic heterocycles. The standard InChI is InChI=1S/C8H16N.3C6H5.Sn/c1-3-8-4-6-9(2)7-5-8;3*1-2-4-6-5-3-1;/h8H,1,3-7H2,2H3;3*1-5H;. The molecule has 0 amide bonds. The Balaban J connectivity index is 1.77. The van der Waals surface area contributed by atoms with Gasteiger partial charge in [0.05, 0.1) is 0 Å². The molecule has 1 fully saturated rings. The van der Waals surface area contributed by atoms with Crippen molar-refractivity contribution in [3.8, 4) is 0 Å². The Morgan fingerprint density at radius 2 is 1.07 bits per heavy atom. The number of rotatable bonds is 6. The second-order valence-electron chi connectivity index (χ2n) is 8.29. The molecule has 1 heterocycles. The Morgan fingerprint density at radius 1 is 0.679 bits per heavy atom. The van der Waals surface area contributed by atoms with Crippen LogP contribution in [0.15, 0.2) is 91.0 Å². The first kappa shape index (κ1) is 19.7. The molecular weight excluding hydrogens is 445 g/mol. The van der Waals surface area contributed by atoms with Gasteiger partial charge in [0.25, 0.3) is 0 Å². The second-order valence-corrected chi connectivity index (χ2v) is 19.8. The van der Waals surface area contributed by atoms with Crippen LogP contribution in [0.3, 0.4) is 0 Å². The van der Waals surface area contributed by atoms with E-state index in [0.717, 1.165) is 5.92 Å². The van der Waals surface area contributed by atoms with E-state index in [-0.39, 0.29) is 0 Å². The van der Waals surface area contributed by atoms with Crippen LogP contribution in [0.2, 0.25) is 4.44 Å². The predicted molar refractivity (Wildman–Crippen MR) is 124 cm³/mol. The zero-order valence-corrected chi connectivity index (χ0v) is 19.8. The van der Waals surface area contributed by atoms with E-state index in [0.29, 0.717) is 0 Å². The summed E-state index contributed by atoms with van der Waals surface area (Å²) >= 11 is -3.04. The van der Waals surface area contributed by atoms with Crippen molar-refractivity contribution in [1.82, 2.24) is 4.90 Å². The fourth-order valence-corrected chi connectivity index (χ4v) is 19.1. The molecule has 0 N–H and O–H groups in total. The van der Waals surface area contributed by atoms with Crippen LogP contribution in [0.25, 0.3) is 0 Å². The number of hydrogen-bond donors (Lipinski definition) is 0. The summed E-state index contributed by atoms with van der Waals surface area (Å²) < 4.78 is 6.20. The zero-order chi connectivity index (χ0) is 19.2. The van der Waals surface area contributed by atoms with Gasteiger partial charge in [0.2, 0.25) is 0 Å². The van der Waals surface area contributed by atoms with Gasteiger partial charge in [-0.05, 0) is 0 Å². The molecule has 2 heteroatoms. The number of benzene rings is 3. The van der Waals surface area contributed by atoms with E-state index in [4.69, 9.17) is 0 Å². The number of hydrogen-bond acceptors (Lipinski definition) is 1. The monoisotopic (exact) mass is 477 g/mol. The Labute approximate surface area is 174 Å². The summed E-state index contributed by atoms with van der Waals surface area (Å²) in [5, 5.41) is 0.